The first-order valence-corrected chi connectivity index (χ1v) is 19.2. The van der Waals surface area contributed by atoms with Crippen LogP contribution in [0.1, 0.15) is 0 Å². The van der Waals surface area contributed by atoms with Gasteiger partial charge in [0.25, 0.3) is 20.2 Å². The third-order valence-electron chi connectivity index (χ3n) is 5.83. The SMILES string of the molecule is O=S(=O)(O)c1cccc(S(=O)(=O)c2cc(S(=O)(=O)c3ccc(Cl)c(S(=O)(=O)c4cccc(S(=O)(=O)O)c4)c3)ccc2Cl)c1. The van der Waals surface area contributed by atoms with E-state index >= 15 is 0 Å². The average Bonchev–Trinajstić information content (AvgIpc) is 2.92. The summed E-state index contributed by atoms with van der Waals surface area (Å²) >= 11 is 12.2. The third-order valence-corrected chi connectivity index (χ3v) is 13.7. The average molecular weight is 728 g/mol. The van der Waals surface area contributed by atoms with Crippen LogP contribution in [0.5, 0.6) is 0 Å². The van der Waals surface area contributed by atoms with Crippen LogP contribution in [0.15, 0.2) is 124 Å². The van der Waals surface area contributed by atoms with Gasteiger partial charge in [0.1, 0.15) is 0 Å². The highest BCUT2D eigenvalue weighted by Crippen LogP contribution is 2.35. The van der Waals surface area contributed by atoms with E-state index in [-0.39, 0.29) is 0 Å². The largest absolute Gasteiger partial charge is 0.294 e. The van der Waals surface area contributed by atoms with Gasteiger partial charge in [-0.05, 0) is 72.8 Å². The van der Waals surface area contributed by atoms with Crippen LogP contribution < -0.4 is 0 Å². The van der Waals surface area contributed by atoms with E-state index in [2.05, 4.69) is 0 Å². The zero-order chi connectivity index (χ0) is 32.2. The van der Waals surface area contributed by atoms with Crippen LogP contribution in [0.4, 0.5) is 0 Å². The summed E-state index contributed by atoms with van der Waals surface area (Å²) in [4.78, 5) is -5.55. The summed E-state index contributed by atoms with van der Waals surface area (Å²) < 4.78 is 145. The van der Waals surface area contributed by atoms with Crippen LogP contribution >= 0.6 is 23.2 Å². The van der Waals surface area contributed by atoms with Crippen molar-refractivity contribution in [1.82, 2.24) is 0 Å². The summed E-state index contributed by atoms with van der Waals surface area (Å²) in [5.41, 5.74) is 0. The minimum absolute atomic E-state index is 0.436. The lowest BCUT2D eigenvalue weighted by Gasteiger charge is -2.13. The Morgan fingerprint density at radius 3 is 1.02 bits per heavy atom. The van der Waals surface area contributed by atoms with E-state index in [1.165, 1.54) is 0 Å². The molecule has 0 aromatic heterocycles. The van der Waals surface area contributed by atoms with E-state index in [4.69, 9.17) is 23.2 Å². The number of hydrogen-bond acceptors (Lipinski definition) is 10. The molecular weight excluding hydrogens is 711 g/mol. The Balaban J connectivity index is 1.85. The van der Waals surface area contributed by atoms with E-state index in [1.54, 1.807) is 0 Å². The molecule has 0 saturated carbocycles. The van der Waals surface area contributed by atoms with Crippen molar-refractivity contribution in [2.75, 3.05) is 0 Å². The molecule has 0 bridgehead atoms. The molecule has 43 heavy (non-hydrogen) atoms. The van der Waals surface area contributed by atoms with Crippen LogP contribution in [-0.2, 0) is 49.7 Å². The van der Waals surface area contributed by atoms with Crippen molar-refractivity contribution in [1.29, 1.82) is 0 Å². The maximum atomic E-state index is 13.6. The van der Waals surface area contributed by atoms with Crippen LogP contribution in [0.3, 0.4) is 0 Å². The second-order valence-electron chi connectivity index (χ2n) is 8.59. The topological polar surface area (TPSA) is 211 Å². The Hall–Kier alpha value is -2.87. The zero-order valence-corrected chi connectivity index (χ0v) is 26.5. The number of sulfone groups is 3. The van der Waals surface area contributed by atoms with Crippen molar-refractivity contribution < 1.29 is 51.2 Å². The van der Waals surface area contributed by atoms with Crippen molar-refractivity contribution in [3.05, 3.63) is 95.0 Å². The highest BCUT2D eigenvalue weighted by Gasteiger charge is 2.29. The second kappa shape index (κ2) is 11.2. The Morgan fingerprint density at radius 2 is 0.698 bits per heavy atom. The van der Waals surface area contributed by atoms with Gasteiger partial charge >= 0.3 is 0 Å². The van der Waals surface area contributed by atoms with Crippen LogP contribution in [0, 0.1) is 0 Å². The Bertz CT molecular complexity index is 2190. The summed E-state index contributed by atoms with van der Waals surface area (Å²) in [5.74, 6) is 0. The van der Waals surface area contributed by atoms with E-state index in [0.29, 0.717) is 24.3 Å². The van der Waals surface area contributed by atoms with Gasteiger partial charge in [-0.15, -0.1) is 0 Å². The molecular formula is C24H16Cl2O12S5. The number of rotatable bonds is 8. The van der Waals surface area contributed by atoms with Crippen LogP contribution in [0.2, 0.25) is 10.0 Å². The first kappa shape index (κ1) is 33.0. The Labute approximate surface area is 256 Å². The monoisotopic (exact) mass is 726 g/mol. The van der Waals surface area contributed by atoms with E-state index < -0.39 is 99.0 Å². The minimum atomic E-state index is -4.79. The van der Waals surface area contributed by atoms with Gasteiger partial charge in [-0.25, -0.2) is 25.3 Å². The number of hydrogen-bond donors (Lipinski definition) is 2. The third kappa shape index (κ3) is 6.50. The van der Waals surface area contributed by atoms with Gasteiger partial charge in [-0.1, -0.05) is 35.3 Å². The highest BCUT2D eigenvalue weighted by atomic mass is 35.5. The lowest BCUT2D eigenvalue weighted by atomic mass is 10.3. The molecule has 0 aliphatic carbocycles. The molecule has 0 spiro atoms. The predicted octanol–water partition coefficient (Wildman–Crippen LogP) is 3.99. The molecule has 0 atom stereocenters. The predicted molar refractivity (Wildman–Crippen MR) is 152 cm³/mol. The molecule has 12 nitrogen and oxygen atoms in total. The van der Waals surface area contributed by atoms with Crippen molar-refractivity contribution in [2.24, 2.45) is 0 Å². The summed E-state index contributed by atoms with van der Waals surface area (Å²) in [7, 11) is -23.6. The fraction of sp³-hybridized carbons (Fsp3) is 0. The highest BCUT2D eigenvalue weighted by molar-refractivity contribution is 7.93. The van der Waals surface area contributed by atoms with Crippen molar-refractivity contribution >= 4 is 72.9 Å². The molecule has 4 aromatic carbocycles. The molecule has 4 aromatic rings. The Morgan fingerprint density at radius 1 is 0.395 bits per heavy atom. The van der Waals surface area contributed by atoms with Crippen molar-refractivity contribution in [3.8, 4) is 0 Å². The van der Waals surface area contributed by atoms with Crippen LogP contribution in [-0.4, -0.2) is 51.2 Å². The lowest BCUT2D eigenvalue weighted by Crippen LogP contribution is -2.09. The van der Waals surface area contributed by atoms with Crippen molar-refractivity contribution in [3.63, 3.8) is 0 Å². The normalized spacial score (nSPS) is 13.1. The van der Waals surface area contributed by atoms with E-state index in [0.717, 1.165) is 60.7 Å². The number of benzene rings is 4. The quantitative estimate of drug-likeness (QED) is 0.247. The summed E-state index contributed by atoms with van der Waals surface area (Å²) in [6.45, 7) is 0. The maximum Gasteiger partial charge on any atom is 0.294 e. The number of halogens is 2. The van der Waals surface area contributed by atoms with Crippen LogP contribution in [0.25, 0.3) is 0 Å². The molecule has 228 valence electrons. The molecule has 0 saturated heterocycles. The van der Waals surface area contributed by atoms with Gasteiger partial charge in [-0.2, -0.15) is 16.8 Å². The molecule has 0 aliphatic heterocycles. The van der Waals surface area contributed by atoms with Gasteiger partial charge in [0.05, 0.1) is 49.2 Å². The smallest absolute Gasteiger partial charge is 0.282 e. The fourth-order valence-electron chi connectivity index (χ4n) is 3.71. The summed E-state index contributed by atoms with van der Waals surface area (Å²) in [6, 6.07) is 12.4. The first-order chi connectivity index (χ1) is 19.7. The summed E-state index contributed by atoms with van der Waals surface area (Å²) in [6.07, 6.45) is 0. The van der Waals surface area contributed by atoms with Crippen molar-refractivity contribution in [2.45, 2.75) is 39.2 Å². The first-order valence-electron chi connectivity index (χ1n) is 11.2. The molecule has 0 radical (unpaired) electrons. The molecule has 19 heteroatoms. The standard InChI is InChI=1S/C24H16Cl2O12S5/c25-21-9-7-17(13-23(21)40(29,30)15-3-1-5-19(11-15)42(33,34)35)39(27,28)18-8-10-22(26)24(14-18)41(31,32)16-4-2-6-20(12-16)43(36,37)38/h1-14H,(H,33,34,35)(H,36,37,38). The maximum absolute atomic E-state index is 13.6. The Kier molecular flexibility index (Phi) is 8.64. The summed E-state index contributed by atoms with van der Waals surface area (Å²) in [5, 5.41) is -0.872. The molecule has 0 unspecified atom stereocenters. The van der Waals surface area contributed by atoms with Gasteiger partial charge in [0.2, 0.25) is 29.5 Å². The molecule has 2 N–H and O–H groups in total. The van der Waals surface area contributed by atoms with Gasteiger partial charge in [-0.3, -0.25) is 9.11 Å². The minimum Gasteiger partial charge on any atom is -0.282 e. The fourth-order valence-corrected chi connectivity index (χ4v) is 10.0. The molecule has 4 rings (SSSR count). The lowest BCUT2D eigenvalue weighted by molar-refractivity contribution is 0.480. The second-order valence-corrected chi connectivity index (χ2v) is 18.0. The van der Waals surface area contributed by atoms with E-state index in [1.807, 2.05) is 0 Å². The van der Waals surface area contributed by atoms with Gasteiger partial charge in [0, 0.05) is 0 Å². The molecule has 0 amide bonds. The zero-order valence-electron chi connectivity index (χ0n) is 20.9. The van der Waals surface area contributed by atoms with Gasteiger partial charge < -0.3 is 0 Å². The molecule has 0 aliphatic rings. The van der Waals surface area contributed by atoms with Gasteiger partial charge in [0.15, 0.2) is 0 Å². The van der Waals surface area contributed by atoms with E-state index in [9.17, 15) is 51.2 Å². The molecule has 0 heterocycles. The molecule has 0 fully saturated rings.